The van der Waals surface area contributed by atoms with Gasteiger partial charge in [0.25, 0.3) is 0 Å². The molecule has 0 heterocycles. The SMILES string of the molecule is O=C(CC[C@H](N=C(c1ccccc1)c1ccccc1)C(=O)O)OCc1ccccc1. The number of ether oxygens (including phenoxy) is 1. The van der Waals surface area contributed by atoms with Gasteiger partial charge in [0, 0.05) is 17.5 Å². The summed E-state index contributed by atoms with van der Waals surface area (Å²) in [7, 11) is 0. The highest BCUT2D eigenvalue weighted by Crippen LogP contribution is 2.15. The smallest absolute Gasteiger partial charge is 0.328 e. The van der Waals surface area contributed by atoms with Crippen molar-refractivity contribution in [3.63, 3.8) is 0 Å². The Kier molecular flexibility index (Phi) is 7.50. The van der Waals surface area contributed by atoms with E-state index < -0.39 is 18.0 Å². The van der Waals surface area contributed by atoms with Crippen LogP contribution in [0.3, 0.4) is 0 Å². The lowest BCUT2D eigenvalue weighted by Crippen LogP contribution is -2.22. The molecule has 1 atom stereocenters. The predicted molar refractivity (Wildman–Crippen MR) is 115 cm³/mol. The number of carbonyl (C=O) groups is 2. The lowest BCUT2D eigenvalue weighted by Gasteiger charge is -2.13. The molecule has 0 spiro atoms. The number of rotatable bonds is 9. The fourth-order valence-corrected chi connectivity index (χ4v) is 2.97. The zero-order valence-electron chi connectivity index (χ0n) is 16.5. The molecule has 30 heavy (non-hydrogen) atoms. The van der Waals surface area contributed by atoms with E-state index in [4.69, 9.17) is 4.74 Å². The van der Waals surface area contributed by atoms with Gasteiger partial charge in [-0.15, -0.1) is 0 Å². The minimum Gasteiger partial charge on any atom is -0.480 e. The number of esters is 1. The Morgan fingerprint density at radius 3 is 1.80 bits per heavy atom. The molecular formula is C25H23NO4. The molecule has 0 aromatic heterocycles. The topological polar surface area (TPSA) is 76.0 Å². The second-order valence-electron chi connectivity index (χ2n) is 6.75. The standard InChI is InChI=1S/C25H23NO4/c27-23(30-18-19-10-4-1-5-11-19)17-16-22(25(28)29)26-24(20-12-6-2-7-13-20)21-14-8-3-9-15-21/h1-15,22H,16-18H2,(H,28,29)/t22-/m0/s1. The van der Waals surface area contributed by atoms with E-state index in [1.54, 1.807) is 0 Å². The van der Waals surface area contributed by atoms with E-state index in [2.05, 4.69) is 4.99 Å². The summed E-state index contributed by atoms with van der Waals surface area (Å²) >= 11 is 0. The summed E-state index contributed by atoms with van der Waals surface area (Å²) < 4.78 is 5.25. The van der Waals surface area contributed by atoms with Crippen molar-refractivity contribution in [3.05, 3.63) is 108 Å². The van der Waals surface area contributed by atoms with E-state index >= 15 is 0 Å². The highest BCUT2D eigenvalue weighted by atomic mass is 16.5. The van der Waals surface area contributed by atoms with Crippen molar-refractivity contribution in [1.82, 2.24) is 0 Å². The Labute approximate surface area is 175 Å². The van der Waals surface area contributed by atoms with Gasteiger partial charge in [0.15, 0.2) is 0 Å². The van der Waals surface area contributed by atoms with Crippen molar-refractivity contribution in [2.45, 2.75) is 25.5 Å². The van der Waals surface area contributed by atoms with Crippen LogP contribution in [0.2, 0.25) is 0 Å². The van der Waals surface area contributed by atoms with Crippen molar-refractivity contribution < 1.29 is 19.4 Å². The zero-order chi connectivity index (χ0) is 21.2. The van der Waals surface area contributed by atoms with E-state index in [0.717, 1.165) is 16.7 Å². The largest absolute Gasteiger partial charge is 0.480 e. The van der Waals surface area contributed by atoms with Crippen molar-refractivity contribution in [3.8, 4) is 0 Å². The van der Waals surface area contributed by atoms with E-state index in [1.807, 2.05) is 91.0 Å². The van der Waals surface area contributed by atoms with Crippen molar-refractivity contribution in [2.24, 2.45) is 4.99 Å². The predicted octanol–water partition coefficient (Wildman–Crippen LogP) is 4.50. The van der Waals surface area contributed by atoms with Gasteiger partial charge in [0.05, 0.1) is 5.71 Å². The number of hydrogen-bond donors (Lipinski definition) is 1. The van der Waals surface area contributed by atoms with E-state index in [1.165, 1.54) is 0 Å². The molecule has 0 aliphatic heterocycles. The normalized spacial score (nSPS) is 11.3. The summed E-state index contributed by atoms with van der Waals surface area (Å²) in [5.74, 6) is -1.52. The van der Waals surface area contributed by atoms with Gasteiger partial charge in [0.1, 0.15) is 12.6 Å². The van der Waals surface area contributed by atoms with Gasteiger partial charge in [-0.1, -0.05) is 91.0 Å². The van der Waals surface area contributed by atoms with E-state index in [9.17, 15) is 14.7 Å². The molecule has 3 rings (SSSR count). The van der Waals surface area contributed by atoms with Gasteiger partial charge in [-0.05, 0) is 12.0 Å². The number of aliphatic carboxylic acids is 1. The van der Waals surface area contributed by atoms with Gasteiger partial charge in [-0.3, -0.25) is 9.79 Å². The van der Waals surface area contributed by atoms with Crippen LogP contribution in [0, 0.1) is 0 Å². The van der Waals surface area contributed by atoms with Gasteiger partial charge < -0.3 is 9.84 Å². The Morgan fingerprint density at radius 1 is 0.800 bits per heavy atom. The molecule has 0 saturated carbocycles. The fourth-order valence-electron chi connectivity index (χ4n) is 2.97. The number of hydrogen-bond acceptors (Lipinski definition) is 4. The van der Waals surface area contributed by atoms with Crippen LogP contribution in [-0.4, -0.2) is 28.8 Å². The van der Waals surface area contributed by atoms with Crippen molar-refractivity contribution >= 4 is 17.7 Å². The molecule has 0 aliphatic rings. The molecule has 5 nitrogen and oxygen atoms in total. The summed E-state index contributed by atoms with van der Waals surface area (Å²) in [4.78, 5) is 28.5. The monoisotopic (exact) mass is 401 g/mol. The lowest BCUT2D eigenvalue weighted by atomic mass is 10.0. The second kappa shape index (κ2) is 10.7. The van der Waals surface area contributed by atoms with Crippen molar-refractivity contribution in [2.75, 3.05) is 0 Å². The Balaban J connectivity index is 1.72. The van der Waals surface area contributed by atoms with Crippen LogP contribution in [0.4, 0.5) is 0 Å². The van der Waals surface area contributed by atoms with Gasteiger partial charge >= 0.3 is 11.9 Å². The van der Waals surface area contributed by atoms with Gasteiger partial charge in [-0.25, -0.2) is 4.79 Å². The van der Waals surface area contributed by atoms with Crippen LogP contribution in [0.5, 0.6) is 0 Å². The summed E-state index contributed by atoms with van der Waals surface area (Å²) in [5, 5.41) is 9.68. The molecule has 0 fully saturated rings. The number of nitrogens with zero attached hydrogens (tertiary/aromatic N) is 1. The van der Waals surface area contributed by atoms with Crippen LogP contribution in [0.1, 0.15) is 29.5 Å². The minimum absolute atomic E-state index is 0.0237. The van der Waals surface area contributed by atoms with Crippen LogP contribution < -0.4 is 0 Å². The molecule has 1 N–H and O–H groups in total. The molecule has 3 aromatic carbocycles. The number of benzene rings is 3. The van der Waals surface area contributed by atoms with E-state index in [-0.39, 0.29) is 19.4 Å². The Morgan fingerprint density at radius 2 is 1.30 bits per heavy atom. The number of aliphatic imine (C=N–C) groups is 1. The molecule has 0 aliphatic carbocycles. The minimum atomic E-state index is -1.07. The molecule has 152 valence electrons. The third kappa shape index (κ3) is 6.14. The molecule has 0 bridgehead atoms. The zero-order valence-corrected chi connectivity index (χ0v) is 16.5. The molecule has 0 unspecified atom stereocenters. The van der Waals surface area contributed by atoms with Crippen LogP contribution in [0.25, 0.3) is 0 Å². The first kappa shape index (κ1) is 21.0. The molecule has 0 radical (unpaired) electrons. The molecule has 3 aromatic rings. The van der Waals surface area contributed by atoms with Gasteiger partial charge in [-0.2, -0.15) is 0 Å². The molecule has 0 saturated heterocycles. The Bertz CT molecular complexity index is 944. The third-order valence-electron chi connectivity index (χ3n) is 4.53. The first-order chi connectivity index (χ1) is 14.6. The van der Waals surface area contributed by atoms with E-state index in [0.29, 0.717) is 5.71 Å². The van der Waals surface area contributed by atoms with Gasteiger partial charge in [0.2, 0.25) is 0 Å². The maximum atomic E-state index is 12.1. The average Bonchev–Trinajstić information content (AvgIpc) is 2.79. The van der Waals surface area contributed by atoms with Crippen molar-refractivity contribution in [1.29, 1.82) is 0 Å². The summed E-state index contributed by atoms with van der Waals surface area (Å²) in [6, 6.07) is 27.2. The first-order valence-electron chi connectivity index (χ1n) is 9.74. The molecule has 5 heteroatoms. The number of carbonyl (C=O) groups excluding carboxylic acids is 1. The molecule has 0 amide bonds. The summed E-state index contributed by atoms with van der Waals surface area (Å²) in [6.07, 6.45) is 0.0380. The van der Waals surface area contributed by atoms with Crippen LogP contribution in [-0.2, 0) is 20.9 Å². The van der Waals surface area contributed by atoms with Crippen LogP contribution in [0.15, 0.2) is 96.0 Å². The lowest BCUT2D eigenvalue weighted by molar-refractivity contribution is -0.145. The highest BCUT2D eigenvalue weighted by molar-refractivity contribution is 6.13. The van der Waals surface area contributed by atoms with Crippen LogP contribution >= 0.6 is 0 Å². The Hall–Kier alpha value is -3.73. The highest BCUT2D eigenvalue weighted by Gasteiger charge is 2.20. The number of carboxylic acid groups (broad SMARTS) is 1. The fraction of sp³-hybridized carbons (Fsp3) is 0.160. The molecular weight excluding hydrogens is 378 g/mol. The summed E-state index contributed by atoms with van der Waals surface area (Å²) in [5.41, 5.74) is 3.11. The summed E-state index contributed by atoms with van der Waals surface area (Å²) in [6.45, 7) is 0.167. The average molecular weight is 401 g/mol. The maximum absolute atomic E-state index is 12.1. The quantitative estimate of drug-likeness (QED) is 0.423. The second-order valence-corrected chi connectivity index (χ2v) is 6.75. The number of carboxylic acids is 1. The first-order valence-corrected chi connectivity index (χ1v) is 9.74. The maximum Gasteiger partial charge on any atom is 0.328 e. The third-order valence-corrected chi connectivity index (χ3v) is 4.53.